The second-order valence-electron chi connectivity index (χ2n) is 3.03. The highest BCUT2D eigenvalue weighted by Crippen LogP contribution is 2.30. The summed E-state index contributed by atoms with van der Waals surface area (Å²) in [6.07, 6.45) is -4.71. The zero-order chi connectivity index (χ0) is 12.1. The summed E-state index contributed by atoms with van der Waals surface area (Å²) in [6, 6.07) is 0. The lowest BCUT2D eigenvalue weighted by Gasteiger charge is -2.30. The molecule has 0 fully saturated rings. The predicted octanol–water partition coefficient (Wildman–Crippen LogP) is 0.716. The Hall–Kier alpha value is -0.820. The van der Waals surface area contributed by atoms with Crippen molar-refractivity contribution in [1.29, 1.82) is 0 Å². The Morgan fingerprint density at radius 1 is 1.33 bits per heavy atom. The SMILES string of the molecule is COCCNC(C)(C(=O)OC)C(F)(F)F. The van der Waals surface area contributed by atoms with Crippen LogP contribution < -0.4 is 5.32 Å². The number of nitrogens with one attached hydrogen (secondary N) is 1. The van der Waals surface area contributed by atoms with Crippen molar-refractivity contribution in [2.75, 3.05) is 27.4 Å². The van der Waals surface area contributed by atoms with Crippen molar-refractivity contribution in [1.82, 2.24) is 5.32 Å². The Balaban J connectivity index is 4.64. The lowest BCUT2D eigenvalue weighted by atomic mass is 10.0. The molecule has 0 heterocycles. The number of carbonyl (C=O) groups excluding carboxylic acids is 1. The second kappa shape index (κ2) is 5.32. The fourth-order valence-electron chi connectivity index (χ4n) is 0.895. The molecular formula is C8H14F3NO3. The fraction of sp³-hybridized carbons (Fsp3) is 0.875. The average Bonchev–Trinajstić information content (AvgIpc) is 2.15. The molecule has 1 atom stereocenters. The number of methoxy groups -OCH3 is 2. The minimum atomic E-state index is -4.71. The number of esters is 1. The van der Waals surface area contributed by atoms with Crippen LogP contribution >= 0.6 is 0 Å². The van der Waals surface area contributed by atoms with Gasteiger partial charge in [-0.05, 0) is 6.92 Å². The molecule has 7 heteroatoms. The summed E-state index contributed by atoms with van der Waals surface area (Å²) in [4.78, 5) is 11.0. The smallest absolute Gasteiger partial charge is 0.417 e. The van der Waals surface area contributed by atoms with Crippen LogP contribution in [0.3, 0.4) is 0 Å². The zero-order valence-electron chi connectivity index (χ0n) is 8.77. The standard InChI is InChI=1S/C8H14F3NO3/c1-7(6(13)15-3,8(9,10)11)12-4-5-14-2/h12H,4-5H2,1-3H3. The van der Waals surface area contributed by atoms with E-state index in [9.17, 15) is 18.0 Å². The number of hydrogen-bond acceptors (Lipinski definition) is 4. The summed E-state index contributed by atoms with van der Waals surface area (Å²) in [5.41, 5.74) is -2.69. The largest absolute Gasteiger partial charge is 0.467 e. The van der Waals surface area contributed by atoms with E-state index in [4.69, 9.17) is 0 Å². The van der Waals surface area contributed by atoms with E-state index in [-0.39, 0.29) is 13.2 Å². The Labute approximate surface area is 85.7 Å². The molecule has 1 unspecified atom stereocenters. The van der Waals surface area contributed by atoms with E-state index < -0.39 is 17.7 Å². The van der Waals surface area contributed by atoms with Crippen molar-refractivity contribution in [3.8, 4) is 0 Å². The third-order valence-electron chi connectivity index (χ3n) is 1.95. The Bertz CT molecular complexity index is 220. The molecule has 0 aliphatic rings. The van der Waals surface area contributed by atoms with Crippen LogP contribution in [0.25, 0.3) is 0 Å². The summed E-state index contributed by atoms with van der Waals surface area (Å²) < 4.78 is 46.4. The molecule has 0 amide bonds. The molecule has 4 nitrogen and oxygen atoms in total. The van der Waals surface area contributed by atoms with Gasteiger partial charge in [-0.3, -0.25) is 5.32 Å². The van der Waals surface area contributed by atoms with Crippen molar-refractivity contribution < 1.29 is 27.4 Å². The molecule has 90 valence electrons. The molecule has 0 spiro atoms. The number of halogens is 3. The van der Waals surface area contributed by atoms with E-state index in [0.717, 1.165) is 14.0 Å². The summed E-state index contributed by atoms with van der Waals surface area (Å²) in [5, 5.41) is 2.06. The first kappa shape index (κ1) is 14.2. The van der Waals surface area contributed by atoms with E-state index >= 15 is 0 Å². The van der Waals surface area contributed by atoms with Gasteiger partial charge in [0, 0.05) is 13.7 Å². The summed E-state index contributed by atoms with van der Waals surface area (Å²) in [5.74, 6) is -1.37. The molecule has 0 radical (unpaired) electrons. The number of carbonyl (C=O) groups is 1. The number of ether oxygens (including phenoxy) is 2. The summed E-state index contributed by atoms with van der Waals surface area (Å²) >= 11 is 0. The molecule has 0 saturated carbocycles. The molecule has 0 rings (SSSR count). The first-order valence-electron chi connectivity index (χ1n) is 4.18. The van der Waals surface area contributed by atoms with Gasteiger partial charge in [-0.15, -0.1) is 0 Å². The van der Waals surface area contributed by atoms with Gasteiger partial charge in [-0.2, -0.15) is 13.2 Å². The van der Waals surface area contributed by atoms with E-state index in [2.05, 4.69) is 14.8 Å². The van der Waals surface area contributed by atoms with Crippen LogP contribution in [-0.4, -0.2) is 45.1 Å². The van der Waals surface area contributed by atoms with Crippen LogP contribution in [0.4, 0.5) is 13.2 Å². The Morgan fingerprint density at radius 3 is 2.20 bits per heavy atom. The summed E-state index contributed by atoms with van der Waals surface area (Å²) in [7, 11) is 2.26. The highest BCUT2D eigenvalue weighted by molar-refractivity contribution is 5.81. The monoisotopic (exact) mass is 229 g/mol. The first-order valence-corrected chi connectivity index (χ1v) is 4.18. The highest BCUT2D eigenvalue weighted by Gasteiger charge is 2.57. The maximum Gasteiger partial charge on any atom is 0.417 e. The van der Waals surface area contributed by atoms with Gasteiger partial charge in [0.1, 0.15) is 0 Å². The van der Waals surface area contributed by atoms with Crippen molar-refractivity contribution in [3.05, 3.63) is 0 Å². The number of rotatable bonds is 5. The maximum atomic E-state index is 12.6. The van der Waals surface area contributed by atoms with Gasteiger partial charge in [-0.25, -0.2) is 4.79 Å². The van der Waals surface area contributed by atoms with E-state index in [1.807, 2.05) is 0 Å². The van der Waals surface area contributed by atoms with Crippen molar-refractivity contribution in [2.24, 2.45) is 0 Å². The molecule has 15 heavy (non-hydrogen) atoms. The third kappa shape index (κ3) is 3.35. The number of hydrogen-bond donors (Lipinski definition) is 1. The fourth-order valence-corrected chi connectivity index (χ4v) is 0.895. The highest BCUT2D eigenvalue weighted by atomic mass is 19.4. The van der Waals surface area contributed by atoms with Crippen molar-refractivity contribution in [3.63, 3.8) is 0 Å². The van der Waals surface area contributed by atoms with Crippen molar-refractivity contribution in [2.45, 2.75) is 18.6 Å². The summed E-state index contributed by atoms with van der Waals surface area (Å²) in [6.45, 7) is 0.707. The van der Waals surface area contributed by atoms with Crippen LogP contribution in [0.1, 0.15) is 6.92 Å². The topological polar surface area (TPSA) is 47.6 Å². The molecule has 0 aliphatic heterocycles. The predicted molar refractivity (Wildman–Crippen MR) is 46.4 cm³/mol. The van der Waals surface area contributed by atoms with Gasteiger partial charge < -0.3 is 9.47 Å². The minimum Gasteiger partial charge on any atom is -0.467 e. The van der Waals surface area contributed by atoms with Gasteiger partial charge >= 0.3 is 12.1 Å². The molecule has 1 N–H and O–H groups in total. The van der Waals surface area contributed by atoms with Gasteiger partial charge in [-0.1, -0.05) is 0 Å². The molecule has 0 aromatic heterocycles. The van der Waals surface area contributed by atoms with Crippen LogP contribution in [0.2, 0.25) is 0 Å². The Morgan fingerprint density at radius 2 is 1.87 bits per heavy atom. The molecule has 0 aliphatic carbocycles. The van der Waals surface area contributed by atoms with E-state index in [1.54, 1.807) is 0 Å². The van der Waals surface area contributed by atoms with Crippen LogP contribution in [0.15, 0.2) is 0 Å². The maximum absolute atomic E-state index is 12.6. The van der Waals surface area contributed by atoms with E-state index in [0.29, 0.717) is 0 Å². The quantitative estimate of drug-likeness (QED) is 0.557. The van der Waals surface area contributed by atoms with Crippen molar-refractivity contribution >= 4 is 5.97 Å². The molecular weight excluding hydrogens is 215 g/mol. The minimum absolute atomic E-state index is 0.0721. The van der Waals surface area contributed by atoms with Gasteiger partial charge in [0.25, 0.3) is 0 Å². The third-order valence-corrected chi connectivity index (χ3v) is 1.95. The molecule has 0 bridgehead atoms. The number of alkyl halides is 3. The normalized spacial score (nSPS) is 15.9. The first-order chi connectivity index (χ1) is 6.79. The van der Waals surface area contributed by atoms with Gasteiger partial charge in [0.05, 0.1) is 13.7 Å². The molecule has 0 aromatic carbocycles. The van der Waals surface area contributed by atoms with Crippen LogP contribution in [-0.2, 0) is 14.3 Å². The zero-order valence-corrected chi connectivity index (χ0v) is 8.77. The van der Waals surface area contributed by atoms with Gasteiger partial charge in [0.2, 0.25) is 5.54 Å². The second-order valence-corrected chi connectivity index (χ2v) is 3.03. The van der Waals surface area contributed by atoms with Crippen LogP contribution in [0, 0.1) is 0 Å². The molecule has 0 saturated heterocycles. The van der Waals surface area contributed by atoms with Gasteiger partial charge in [0.15, 0.2) is 0 Å². The average molecular weight is 229 g/mol. The Kier molecular flexibility index (Phi) is 5.02. The molecule has 0 aromatic rings. The van der Waals surface area contributed by atoms with E-state index in [1.165, 1.54) is 7.11 Å². The lowest BCUT2D eigenvalue weighted by molar-refractivity contribution is -0.208. The lowest BCUT2D eigenvalue weighted by Crippen LogP contribution is -2.61. The van der Waals surface area contributed by atoms with Crippen LogP contribution in [0.5, 0.6) is 0 Å².